The minimum atomic E-state index is -0.166. The minimum Gasteiger partial charge on any atom is -0.366 e. The third-order valence-corrected chi connectivity index (χ3v) is 5.04. The molecule has 2 aromatic carbocycles. The third kappa shape index (κ3) is 4.22. The number of rotatable bonds is 5. The fraction of sp³-hybridized carbons (Fsp3) is 0.273. The SMILES string of the molecule is Cc1ccc(CNc2cc(N3CCN(c4ccccc4F)CC3)ncn2)cc1. The molecule has 1 aliphatic rings. The molecule has 6 heteroatoms. The maximum atomic E-state index is 14.0. The van der Waals surface area contributed by atoms with Crippen molar-refractivity contribution in [3.63, 3.8) is 0 Å². The van der Waals surface area contributed by atoms with E-state index < -0.39 is 0 Å². The Morgan fingerprint density at radius 3 is 2.39 bits per heavy atom. The van der Waals surface area contributed by atoms with Crippen LogP contribution >= 0.6 is 0 Å². The molecule has 0 unspecified atom stereocenters. The van der Waals surface area contributed by atoms with E-state index in [1.54, 1.807) is 12.4 Å². The molecule has 1 aliphatic heterocycles. The summed E-state index contributed by atoms with van der Waals surface area (Å²) in [4.78, 5) is 13.1. The van der Waals surface area contributed by atoms with Gasteiger partial charge in [-0.3, -0.25) is 0 Å². The van der Waals surface area contributed by atoms with Crippen LogP contribution in [0.5, 0.6) is 0 Å². The number of benzene rings is 2. The lowest BCUT2D eigenvalue weighted by Crippen LogP contribution is -2.47. The molecular weight excluding hydrogens is 353 g/mol. The Hall–Kier alpha value is -3.15. The number of piperazine rings is 1. The number of aryl methyl sites for hydroxylation is 1. The van der Waals surface area contributed by atoms with Crippen molar-refractivity contribution >= 4 is 17.3 Å². The molecule has 144 valence electrons. The molecule has 0 bridgehead atoms. The van der Waals surface area contributed by atoms with Crippen LogP contribution in [0.4, 0.5) is 21.7 Å². The highest BCUT2D eigenvalue weighted by atomic mass is 19.1. The Balaban J connectivity index is 1.37. The van der Waals surface area contributed by atoms with Crippen molar-refractivity contribution in [2.45, 2.75) is 13.5 Å². The molecule has 4 rings (SSSR count). The highest BCUT2D eigenvalue weighted by Gasteiger charge is 2.20. The Bertz CT molecular complexity index is 920. The summed E-state index contributed by atoms with van der Waals surface area (Å²) in [6, 6.07) is 17.4. The quantitative estimate of drug-likeness (QED) is 0.731. The number of aromatic nitrogens is 2. The van der Waals surface area contributed by atoms with Crippen LogP contribution in [0.3, 0.4) is 0 Å². The molecule has 2 heterocycles. The number of hydrogen-bond acceptors (Lipinski definition) is 5. The molecule has 0 aliphatic carbocycles. The molecule has 0 amide bonds. The Morgan fingerprint density at radius 1 is 0.929 bits per heavy atom. The van der Waals surface area contributed by atoms with Gasteiger partial charge in [0.1, 0.15) is 23.8 Å². The predicted octanol–water partition coefficient (Wildman–Crippen LogP) is 3.86. The maximum absolute atomic E-state index is 14.0. The lowest BCUT2D eigenvalue weighted by atomic mass is 10.1. The second-order valence-electron chi connectivity index (χ2n) is 7.03. The number of nitrogens with one attached hydrogen (secondary N) is 1. The average Bonchev–Trinajstić information content (AvgIpc) is 2.74. The number of hydrogen-bond donors (Lipinski definition) is 1. The number of halogens is 1. The summed E-state index contributed by atoms with van der Waals surface area (Å²) in [5.41, 5.74) is 3.14. The first-order chi connectivity index (χ1) is 13.7. The van der Waals surface area contributed by atoms with E-state index in [2.05, 4.69) is 56.3 Å². The molecule has 1 saturated heterocycles. The summed E-state index contributed by atoms with van der Waals surface area (Å²) in [5, 5.41) is 3.36. The van der Waals surface area contributed by atoms with Crippen molar-refractivity contribution in [3.05, 3.63) is 77.9 Å². The lowest BCUT2D eigenvalue weighted by Gasteiger charge is -2.36. The van der Waals surface area contributed by atoms with Crippen LogP contribution in [0.25, 0.3) is 0 Å². The van der Waals surface area contributed by atoms with Gasteiger partial charge in [0, 0.05) is 38.8 Å². The van der Waals surface area contributed by atoms with E-state index in [9.17, 15) is 4.39 Å². The van der Waals surface area contributed by atoms with E-state index in [4.69, 9.17) is 0 Å². The monoisotopic (exact) mass is 377 g/mol. The highest BCUT2D eigenvalue weighted by Crippen LogP contribution is 2.22. The van der Waals surface area contributed by atoms with Gasteiger partial charge < -0.3 is 15.1 Å². The van der Waals surface area contributed by atoms with E-state index in [0.717, 1.165) is 44.4 Å². The van der Waals surface area contributed by atoms with Crippen LogP contribution in [0.15, 0.2) is 60.9 Å². The van der Waals surface area contributed by atoms with Gasteiger partial charge in [-0.05, 0) is 24.6 Å². The summed E-state index contributed by atoms with van der Waals surface area (Å²) < 4.78 is 14.0. The fourth-order valence-electron chi connectivity index (χ4n) is 3.40. The van der Waals surface area contributed by atoms with Crippen LogP contribution in [-0.2, 0) is 6.54 Å². The second-order valence-corrected chi connectivity index (χ2v) is 7.03. The Kier molecular flexibility index (Phi) is 5.37. The third-order valence-electron chi connectivity index (χ3n) is 5.04. The van der Waals surface area contributed by atoms with E-state index in [0.29, 0.717) is 5.69 Å². The molecule has 3 aromatic rings. The first-order valence-electron chi connectivity index (χ1n) is 9.55. The molecule has 1 aromatic heterocycles. The van der Waals surface area contributed by atoms with Crippen LogP contribution in [0, 0.1) is 12.7 Å². The molecule has 0 saturated carbocycles. The number of nitrogens with zero attached hydrogens (tertiary/aromatic N) is 4. The molecule has 1 N–H and O–H groups in total. The van der Waals surface area contributed by atoms with Crippen LogP contribution < -0.4 is 15.1 Å². The molecule has 0 radical (unpaired) electrons. The molecule has 5 nitrogen and oxygen atoms in total. The van der Waals surface area contributed by atoms with Crippen molar-refractivity contribution in [1.82, 2.24) is 9.97 Å². The van der Waals surface area contributed by atoms with E-state index >= 15 is 0 Å². The summed E-state index contributed by atoms with van der Waals surface area (Å²) in [6.45, 7) is 5.91. The van der Waals surface area contributed by atoms with Crippen molar-refractivity contribution in [2.24, 2.45) is 0 Å². The first kappa shape index (κ1) is 18.2. The number of para-hydroxylation sites is 1. The van der Waals surface area contributed by atoms with Gasteiger partial charge in [0.05, 0.1) is 5.69 Å². The standard InChI is InChI=1S/C22H24FN5/c1-17-6-8-18(9-7-17)15-24-21-14-22(26-16-25-21)28-12-10-27(11-13-28)20-5-3-2-4-19(20)23/h2-9,14,16H,10-13,15H2,1H3,(H,24,25,26). The summed E-state index contributed by atoms with van der Waals surface area (Å²) in [5.74, 6) is 1.54. The van der Waals surface area contributed by atoms with Gasteiger partial charge >= 0.3 is 0 Å². The highest BCUT2D eigenvalue weighted by molar-refractivity contribution is 5.52. The molecular formula is C22H24FN5. The Labute approximate surface area is 164 Å². The zero-order valence-electron chi connectivity index (χ0n) is 16.0. The van der Waals surface area contributed by atoms with Gasteiger partial charge in [-0.1, -0.05) is 42.0 Å². The van der Waals surface area contributed by atoms with E-state index in [-0.39, 0.29) is 5.82 Å². The molecule has 0 atom stereocenters. The fourth-order valence-corrected chi connectivity index (χ4v) is 3.40. The topological polar surface area (TPSA) is 44.3 Å². The first-order valence-corrected chi connectivity index (χ1v) is 9.55. The summed E-state index contributed by atoms with van der Waals surface area (Å²) in [7, 11) is 0. The van der Waals surface area contributed by atoms with E-state index in [1.807, 2.05) is 18.2 Å². The largest absolute Gasteiger partial charge is 0.366 e. The molecule has 1 fully saturated rings. The van der Waals surface area contributed by atoms with E-state index in [1.165, 1.54) is 17.2 Å². The van der Waals surface area contributed by atoms with Crippen molar-refractivity contribution < 1.29 is 4.39 Å². The Morgan fingerprint density at radius 2 is 1.64 bits per heavy atom. The minimum absolute atomic E-state index is 0.166. The normalized spacial score (nSPS) is 14.2. The zero-order valence-corrected chi connectivity index (χ0v) is 16.0. The van der Waals surface area contributed by atoms with Crippen LogP contribution in [-0.4, -0.2) is 36.1 Å². The van der Waals surface area contributed by atoms with Gasteiger partial charge in [-0.2, -0.15) is 0 Å². The number of anilines is 3. The molecule has 0 spiro atoms. The lowest BCUT2D eigenvalue weighted by molar-refractivity contribution is 0.596. The summed E-state index contributed by atoms with van der Waals surface area (Å²) in [6.07, 6.45) is 1.59. The van der Waals surface area contributed by atoms with Crippen molar-refractivity contribution in [3.8, 4) is 0 Å². The maximum Gasteiger partial charge on any atom is 0.146 e. The van der Waals surface area contributed by atoms with Crippen LogP contribution in [0.2, 0.25) is 0 Å². The summed E-state index contributed by atoms with van der Waals surface area (Å²) >= 11 is 0. The predicted molar refractivity (Wildman–Crippen MR) is 111 cm³/mol. The van der Waals surface area contributed by atoms with Gasteiger partial charge in [-0.15, -0.1) is 0 Å². The van der Waals surface area contributed by atoms with Gasteiger partial charge in [0.2, 0.25) is 0 Å². The molecule has 28 heavy (non-hydrogen) atoms. The smallest absolute Gasteiger partial charge is 0.146 e. The van der Waals surface area contributed by atoms with Gasteiger partial charge in [-0.25, -0.2) is 14.4 Å². The van der Waals surface area contributed by atoms with Crippen molar-refractivity contribution in [2.75, 3.05) is 41.3 Å². The van der Waals surface area contributed by atoms with Crippen LogP contribution in [0.1, 0.15) is 11.1 Å². The zero-order chi connectivity index (χ0) is 19.3. The van der Waals surface area contributed by atoms with Crippen molar-refractivity contribution in [1.29, 1.82) is 0 Å². The van der Waals surface area contributed by atoms with Gasteiger partial charge in [0.15, 0.2) is 0 Å². The second kappa shape index (κ2) is 8.25. The average molecular weight is 377 g/mol. The van der Waals surface area contributed by atoms with Gasteiger partial charge in [0.25, 0.3) is 0 Å².